The third kappa shape index (κ3) is 20.3. The lowest BCUT2D eigenvalue weighted by Gasteiger charge is -2.17. The number of nitrogens with zero attached hydrogens (tertiary/aromatic N) is 12. The minimum absolute atomic E-state index is 0.0675. The van der Waals surface area contributed by atoms with Gasteiger partial charge in [0.1, 0.15) is 41.9 Å². The number of amides is 3. The van der Waals surface area contributed by atoms with Gasteiger partial charge in [-0.25, -0.2) is 34.3 Å². The van der Waals surface area contributed by atoms with Gasteiger partial charge in [0.15, 0.2) is 11.6 Å². The first-order valence-electron chi connectivity index (χ1n) is 25.5. The van der Waals surface area contributed by atoms with Crippen LogP contribution in [0.5, 0.6) is 0 Å². The van der Waals surface area contributed by atoms with E-state index < -0.39 is 0 Å². The van der Waals surface area contributed by atoms with Gasteiger partial charge in [0.25, 0.3) is 0 Å². The van der Waals surface area contributed by atoms with Crippen LogP contribution in [0.4, 0.5) is 11.5 Å². The van der Waals surface area contributed by atoms with Crippen molar-refractivity contribution in [2.75, 3.05) is 25.0 Å². The number of rotatable bonds is 12. The molecule has 8 aromatic rings. The maximum absolute atomic E-state index is 12.0. The number of aryl methyl sites for hydroxylation is 2. The second-order valence-corrected chi connectivity index (χ2v) is 22.4. The Hall–Kier alpha value is -5.64. The number of hydrogen-bond acceptors (Lipinski definition) is 12. The summed E-state index contributed by atoms with van der Waals surface area (Å²) in [5.74, 6) is 2.68. The van der Waals surface area contributed by atoms with Gasteiger partial charge < -0.3 is 25.1 Å². The number of carbonyl (C=O) groups excluding carboxylic acids is 3. The third-order valence-electron chi connectivity index (χ3n) is 12.2. The number of alkyl halides is 1. The number of likely N-dealkylation sites (tertiary alicyclic amines) is 3. The van der Waals surface area contributed by atoms with Gasteiger partial charge in [0, 0.05) is 87.0 Å². The van der Waals surface area contributed by atoms with Crippen LogP contribution < -0.4 is 5.32 Å². The van der Waals surface area contributed by atoms with Crippen molar-refractivity contribution < 1.29 is 19.5 Å². The van der Waals surface area contributed by atoms with Gasteiger partial charge >= 0.3 is 0 Å². The number of pyridine rings is 5. The lowest BCUT2D eigenvalue weighted by molar-refractivity contribution is -0.129. The maximum atomic E-state index is 12.0. The molecule has 0 aliphatic carbocycles. The third-order valence-corrected chi connectivity index (χ3v) is 14.4. The minimum Gasteiger partial charge on any atom is -0.392 e. The zero-order valence-corrected chi connectivity index (χ0v) is 51.9. The summed E-state index contributed by atoms with van der Waals surface area (Å²) in [5, 5.41) is 24.8. The van der Waals surface area contributed by atoms with Crippen LogP contribution in [0.25, 0.3) is 11.6 Å². The van der Waals surface area contributed by atoms with Crippen molar-refractivity contribution in [2.24, 2.45) is 0 Å². The van der Waals surface area contributed by atoms with Crippen molar-refractivity contribution >= 4 is 138 Å². The molecule has 430 valence electrons. The van der Waals surface area contributed by atoms with Gasteiger partial charge in [-0.15, -0.1) is 0 Å². The number of benzene rings is 1. The SMILES string of the molecule is Cc1ccn(-c2cc(CN3CCCC3=O)cc(Cl)n2)n1.Cc1ccn(-c2cc(CN3CCCC3=O)cc(Nc3ccc(Cl)cc3)n2)n1.Clc1cc(CBr)cc(Cl)n1.O=C1CCCN1Cc1cc(Cl)nc(Cl)c1.OCc1cc(Cl)nc(Cl)c1. The molecule has 3 saturated heterocycles. The Morgan fingerprint density at radius 1 is 0.476 bits per heavy atom. The zero-order valence-electron chi connectivity index (χ0n) is 44.2. The predicted octanol–water partition coefficient (Wildman–Crippen LogP) is 14.1. The van der Waals surface area contributed by atoms with Gasteiger partial charge in [-0.05, 0) is 158 Å². The maximum Gasteiger partial charge on any atom is 0.222 e. The molecule has 0 atom stereocenters. The molecule has 0 spiro atoms. The molecule has 2 N–H and O–H groups in total. The summed E-state index contributed by atoms with van der Waals surface area (Å²) in [6.07, 6.45) is 8.44. The molecule has 0 bridgehead atoms. The molecule has 3 aliphatic heterocycles. The molecule has 7 aromatic heterocycles. The number of nitrogens with one attached hydrogen (secondary N) is 1. The monoisotopic (exact) mass is 1330 g/mol. The number of aromatic nitrogens is 9. The van der Waals surface area contributed by atoms with Crippen LogP contribution in [-0.2, 0) is 46.0 Å². The molecule has 17 nitrogen and oxygen atoms in total. The first-order valence-corrected chi connectivity index (χ1v) is 29.6. The Balaban J connectivity index is 0.000000156. The number of anilines is 2. The fraction of sp³-hybridized carbons (Fsp3) is 0.286. The molecule has 82 heavy (non-hydrogen) atoms. The van der Waals surface area contributed by atoms with Gasteiger partial charge in [-0.2, -0.15) is 10.2 Å². The zero-order chi connectivity index (χ0) is 58.9. The van der Waals surface area contributed by atoms with E-state index in [0.29, 0.717) is 103 Å². The van der Waals surface area contributed by atoms with Crippen molar-refractivity contribution in [2.45, 2.75) is 83.9 Å². The highest BCUT2D eigenvalue weighted by Gasteiger charge is 2.23. The van der Waals surface area contributed by atoms with E-state index in [1.54, 1.807) is 51.8 Å². The van der Waals surface area contributed by atoms with E-state index in [9.17, 15) is 14.4 Å². The summed E-state index contributed by atoms with van der Waals surface area (Å²) in [6.45, 7) is 7.95. The summed E-state index contributed by atoms with van der Waals surface area (Å²) in [5.41, 5.74) is 7.35. The molecule has 3 aliphatic rings. The largest absolute Gasteiger partial charge is 0.392 e. The second kappa shape index (κ2) is 31.3. The molecule has 3 fully saturated rings. The van der Waals surface area contributed by atoms with E-state index >= 15 is 0 Å². The summed E-state index contributed by atoms with van der Waals surface area (Å²) in [7, 11) is 0. The molecule has 1 aromatic carbocycles. The van der Waals surface area contributed by atoms with Crippen LogP contribution in [0.15, 0.2) is 109 Å². The highest BCUT2D eigenvalue weighted by Crippen LogP contribution is 2.25. The number of halogens is 9. The Labute approximate surface area is 522 Å². The van der Waals surface area contributed by atoms with E-state index in [-0.39, 0.29) is 24.3 Å². The molecule has 0 unspecified atom stereocenters. The minimum atomic E-state index is -0.0675. The number of aliphatic hydroxyl groups is 1. The standard InChI is InChI=1S/C20H20ClN5O.C14H15ClN4O.C10H10Cl2N2O.C6H4BrCl2N.C6H5Cl2NO/c1-14-8-10-26(24-14)19-12-15(13-25-9-2-3-20(25)27)11-18(23-19)22-17-6-4-16(21)5-7-17;1-10-4-6-19(17-10)13-8-11(7-12(15)16-13)9-18-5-2-3-14(18)20;11-8-4-7(5-9(12)13-8)6-14-3-1-2-10(14)15;7-3-4-1-5(8)10-6(9)2-4;7-5-1-4(3-10)2-6(8)9-5/h4-8,10-12H,2-3,9,13H2,1H3,(H,22,23);4,6-8H,2-3,5,9H2,1H3;4-5H,1-3,6H2;1-2H,3H2;1-2,10H,3H2. The van der Waals surface area contributed by atoms with Crippen LogP contribution in [0, 0.1) is 13.8 Å². The highest BCUT2D eigenvalue weighted by atomic mass is 79.9. The van der Waals surface area contributed by atoms with E-state index in [2.05, 4.69) is 56.4 Å². The second-order valence-electron chi connectivity index (χ2n) is 18.7. The summed E-state index contributed by atoms with van der Waals surface area (Å²) < 4.78 is 3.44. The Morgan fingerprint density at radius 2 is 0.841 bits per heavy atom. The van der Waals surface area contributed by atoms with Crippen LogP contribution in [-0.4, -0.2) is 102 Å². The molecule has 26 heteroatoms. The predicted molar refractivity (Wildman–Crippen MR) is 327 cm³/mol. The molecular formula is C56H54BrCl8N13O4. The normalized spacial score (nSPS) is 13.7. The van der Waals surface area contributed by atoms with Gasteiger partial charge in [-0.1, -0.05) is 109 Å². The average molecular weight is 1340 g/mol. The first-order chi connectivity index (χ1) is 39.3. The fourth-order valence-corrected chi connectivity index (χ4v) is 10.6. The van der Waals surface area contributed by atoms with Crippen molar-refractivity contribution in [3.05, 3.63) is 190 Å². The highest BCUT2D eigenvalue weighted by molar-refractivity contribution is 9.08. The van der Waals surface area contributed by atoms with Crippen LogP contribution in [0.2, 0.25) is 41.1 Å². The Morgan fingerprint density at radius 3 is 1.21 bits per heavy atom. The Bertz CT molecular complexity index is 3370. The van der Waals surface area contributed by atoms with Gasteiger partial charge in [-0.3, -0.25) is 14.4 Å². The molecular weight excluding hydrogens is 1280 g/mol. The molecule has 10 heterocycles. The fourth-order valence-electron chi connectivity index (χ4n) is 8.43. The van der Waals surface area contributed by atoms with Gasteiger partial charge in [0.05, 0.1) is 18.0 Å². The molecule has 0 radical (unpaired) electrons. The summed E-state index contributed by atoms with van der Waals surface area (Å²) >= 11 is 49.1. The number of carbonyl (C=O) groups is 3. The van der Waals surface area contributed by atoms with Gasteiger partial charge in [0.2, 0.25) is 17.7 Å². The van der Waals surface area contributed by atoms with E-state index in [4.69, 9.17) is 97.9 Å². The van der Waals surface area contributed by atoms with E-state index in [0.717, 1.165) is 83.6 Å². The Kier molecular flexibility index (Phi) is 24.4. The average Bonchev–Trinajstić information content (AvgIpc) is 4.31. The van der Waals surface area contributed by atoms with Crippen molar-refractivity contribution in [1.82, 2.24) is 59.2 Å². The smallest absolute Gasteiger partial charge is 0.222 e. The van der Waals surface area contributed by atoms with Crippen molar-refractivity contribution in [1.29, 1.82) is 0 Å². The quantitative estimate of drug-likeness (QED) is 0.0870. The van der Waals surface area contributed by atoms with Crippen molar-refractivity contribution in [3.8, 4) is 11.6 Å². The summed E-state index contributed by atoms with van der Waals surface area (Å²) in [6, 6.07) is 29.1. The number of aliphatic hydroxyl groups excluding tert-OH is 1. The topological polar surface area (TPSA) is 193 Å². The lowest BCUT2D eigenvalue weighted by atomic mass is 10.2. The van der Waals surface area contributed by atoms with Crippen LogP contribution >= 0.6 is 109 Å². The van der Waals surface area contributed by atoms with Crippen LogP contribution in [0.1, 0.15) is 77.7 Å². The molecule has 11 rings (SSSR count). The molecule has 3 amide bonds. The summed E-state index contributed by atoms with van der Waals surface area (Å²) in [4.78, 5) is 60.9. The van der Waals surface area contributed by atoms with Crippen molar-refractivity contribution in [3.63, 3.8) is 0 Å². The van der Waals surface area contributed by atoms with Crippen LogP contribution in [0.3, 0.4) is 0 Å². The number of hydrogen-bond donors (Lipinski definition) is 2. The first kappa shape index (κ1) is 63.9. The lowest BCUT2D eigenvalue weighted by Crippen LogP contribution is -2.24. The molecule has 0 saturated carbocycles. The van der Waals surface area contributed by atoms with E-state index in [1.807, 2.05) is 95.5 Å². The van der Waals surface area contributed by atoms with E-state index in [1.165, 1.54) is 0 Å².